The maximum atomic E-state index is 10.3. The van der Waals surface area contributed by atoms with Gasteiger partial charge in [0.2, 0.25) is 0 Å². The van der Waals surface area contributed by atoms with E-state index < -0.39 is 6.10 Å². The molecule has 0 heterocycles. The number of aliphatic hydroxyl groups is 1. The van der Waals surface area contributed by atoms with E-state index in [1.165, 1.54) is 0 Å². The molecule has 0 saturated carbocycles. The molecule has 2 aromatic carbocycles. The van der Waals surface area contributed by atoms with Gasteiger partial charge in [-0.3, -0.25) is 0 Å². The van der Waals surface area contributed by atoms with E-state index in [2.05, 4.69) is 11.9 Å². The maximum Gasteiger partial charge on any atom is 0.124 e. The van der Waals surface area contributed by atoms with Gasteiger partial charge in [-0.2, -0.15) is 0 Å². The summed E-state index contributed by atoms with van der Waals surface area (Å²) in [5.74, 6) is 1.52. The molecule has 0 radical (unpaired) electrons. The van der Waals surface area contributed by atoms with Crippen LogP contribution in [0.1, 0.15) is 11.1 Å². The van der Waals surface area contributed by atoms with Gasteiger partial charge in [-0.15, -0.1) is 0 Å². The van der Waals surface area contributed by atoms with Crippen molar-refractivity contribution in [2.45, 2.75) is 25.1 Å². The van der Waals surface area contributed by atoms with E-state index in [9.17, 15) is 5.11 Å². The van der Waals surface area contributed by atoms with Gasteiger partial charge < -0.3 is 25.6 Å². The summed E-state index contributed by atoms with van der Waals surface area (Å²) in [4.78, 5) is 0. The van der Waals surface area contributed by atoms with Crippen LogP contribution in [0.3, 0.4) is 0 Å². The molecule has 4 N–H and O–H groups in total. The summed E-state index contributed by atoms with van der Waals surface area (Å²) in [5.41, 5.74) is 8.20. The van der Waals surface area contributed by atoms with Crippen molar-refractivity contribution in [2.24, 2.45) is 5.73 Å². The summed E-state index contributed by atoms with van der Waals surface area (Å²) in [6.45, 7) is 5.04. The van der Waals surface area contributed by atoms with Crippen LogP contribution in [-0.2, 0) is 13.0 Å². The van der Waals surface area contributed by atoms with Gasteiger partial charge in [0.05, 0.1) is 13.2 Å². The quantitative estimate of drug-likeness (QED) is 0.539. The van der Waals surface area contributed by atoms with Crippen LogP contribution in [0.4, 0.5) is 0 Å². The van der Waals surface area contributed by atoms with Crippen molar-refractivity contribution in [3.63, 3.8) is 0 Å². The lowest BCUT2D eigenvalue weighted by Crippen LogP contribution is -2.43. The Morgan fingerprint density at radius 3 is 2.69 bits per heavy atom. The topological polar surface area (TPSA) is 76.7 Å². The molecular formula is C21H28N2O3. The predicted molar refractivity (Wildman–Crippen MR) is 105 cm³/mol. The summed E-state index contributed by atoms with van der Waals surface area (Å²) < 4.78 is 10.9. The first-order valence-corrected chi connectivity index (χ1v) is 8.73. The van der Waals surface area contributed by atoms with Crippen LogP contribution in [0, 0.1) is 0 Å². The Kier molecular flexibility index (Phi) is 8.15. The SMILES string of the molecule is C=CCOc1ccc(OC)cc1CNC[C@@H](O)[C@@H](N)Cc1ccccc1. The van der Waals surface area contributed by atoms with Crippen molar-refractivity contribution >= 4 is 0 Å². The van der Waals surface area contributed by atoms with Gasteiger partial charge in [0.25, 0.3) is 0 Å². The van der Waals surface area contributed by atoms with Crippen LogP contribution in [0.5, 0.6) is 11.5 Å². The van der Waals surface area contributed by atoms with Crippen molar-refractivity contribution in [3.8, 4) is 11.5 Å². The number of benzene rings is 2. The Morgan fingerprint density at radius 2 is 2.00 bits per heavy atom. The molecule has 2 atom stereocenters. The van der Waals surface area contributed by atoms with E-state index in [4.69, 9.17) is 15.2 Å². The average Bonchev–Trinajstić information content (AvgIpc) is 2.67. The van der Waals surface area contributed by atoms with Gasteiger partial charge in [0.15, 0.2) is 0 Å². The molecule has 0 spiro atoms. The van der Waals surface area contributed by atoms with Crippen LogP contribution >= 0.6 is 0 Å². The molecule has 0 bridgehead atoms. The highest BCUT2D eigenvalue weighted by atomic mass is 16.5. The molecule has 0 aliphatic rings. The third-order valence-electron chi connectivity index (χ3n) is 4.10. The summed E-state index contributed by atoms with van der Waals surface area (Å²) in [6.07, 6.45) is 1.70. The Balaban J connectivity index is 1.88. The van der Waals surface area contributed by atoms with Crippen molar-refractivity contribution < 1.29 is 14.6 Å². The fourth-order valence-corrected chi connectivity index (χ4v) is 2.64. The zero-order chi connectivity index (χ0) is 18.8. The number of aliphatic hydroxyl groups excluding tert-OH is 1. The molecule has 140 valence electrons. The molecular weight excluding hydrogens is 328 g/mol. The maximum absolute atomic E-state index is 10.3. The van der Waals surface area contributed by atoms with Crippen molar-refractivity contribution in [3.05, 3.63) is 72.3 Å². The van der Waals surface area contributed by atoms with Crippen LogP contribution in [-0.4, -0.2) is 37.5 Å². The van der Waals surface area contributed by atoms with Gasteiger partial charge in [0.1, 0.15) is 18.1 Å². The molecule has 2 aromatic rings. The van der Waals surface area contributed by atoms with Gasteiger partial charge in [-0.25, -0.2) is 0 Å². The molecule has 0 saturated heterocycles. The average molecular weight is 356 g/mol. The molecule has 5 nitrogen and oxygen atoms in total. The van der Waals surface area contributed by atoms with Crippen molar-refractivity contribution in [2.75, 3.05) is 20.3 Å². The Hall–Kier alpha value is -2.34. The number of ether oxygens (including phenoxy) is 2. The highest BCUT2D eigenvalue weighted by Crippen LogP contribution is 2.24. The number of rotatable bonds is 11. The summed E-state index contributed by atoms with van der Waals surface area (Å²) in [5, 5.41) is 13.6. The predicted octanol–water partition coefficient (Wildman–Crippen LogP) is 2.28. The van der Waals surface area contributed by atoms with Crippen LogP contribution in [0.15, 0.2) is 61.2 Å². The zero-order valence-electron chi connectivity index (χ0n) is 15.2. The number of nitrogens with one attached hydrogen (secondary N) is 1. The number of hydrogen-bond acceptors (Lipinski definition) is 5. The van der Waals surface area contributed by atoms with Crippen LogP contribution in [0.25, 0.3) is 0 Å². The van der Waals surface area contributed by atoms with Crippen LogP contribution < -0.4 is 20.5 Å². The first-order chi connectivity index (χ1) is 12.6. The van der Waals surface area contributed by atoms with E-state index in [0.29, 0.717) is 26.1 Å². The Morgan fingerprint density at radius 1 is 1.23 bits per heavy atom. The van der Waals surface area contributed by atoms with Gasteiger partial charge in [0, 0.05) is 24.7 Å². The summed E-state index contributed by atoms with van der Waals surface area (Å²) in [7, 11) is 1.63. The molecule has 2 rings (SSSR count). The zero-order valence-corrected chi connectivity index (χ0v) is 15.2. The van der Waals surface area contributed by atoms with E-state index in [0.717, 1.165) is 22.6 Å². The highest BCUT2D eigenvalue weighted by Gasteiger charge is 2.15. The van der Waals surface area contributed by atoms with Crippen molar-refractivity contribution in [1.82, 2.24) is 5.32 Å². The third-order valence-corrected chi connectivity index (χ3v) is 4.10. The standard InChI is InChI=1S/C21H28N2O3/c1-3-11-26-21-10-9-18(25-2)13-17(21)14-23-15-20(24)19(22)12-16-7-5-4-6-8-16/h3-10,13,19-20,23-24H,1,11-12,14-15,22H2,2H3/t19-,20+/m0/s1. The van der Waals surface area contributed by atoms with Crippen molar-refractivity contribution in [1.29, 1.82) is 0 Å². The third kappa shape index (κ3) is 6.19. The lowest BCUT2D eigenvalue weighted by atomic mass is 10.0. The molecule has 26 heavy (non-hydrogen) atoms. The molecule has 0 aliphatic carbocycles. The van der Waals surface area contributed by atoms with Gasteiger partial charge in [-0.05, 0) is 30.2 Å². The van der Waals surface area contributed by atoms with Gasteiger partial charge >= 0.3 is 0 Å². The number of nitrogens with two attached hydrogens (primary N) is 1. The molecule has 0 amide bonds. The Labute approximate surface area is 155 Å². The Bertz CT molecular complexity index is 676. The largest absolute Gasteiger partial charge is 0.497 e. The van der Waals surface area contributed by atoms with Crippen LogP contribution in [0.2, 0.25) is 0 Å². The number of methoxy groups -OCH3 is 1. The fraction of sp³-hybridized carbons (Fsp3) is 0.333. The summed E-state index contributed by atoms with van der Waals surface area (Å²) >= 11 is 0. The number of hydrogen-bond donors (Lipinski definition) is 3. The van der Waals surface area contributed by atoms with Gasteiger partial charge in [-0.1, -0.05) is 43.0 Å². The monoisotopic (exact) mass is 356 g/mol. The normalized spacial score (nSPS) is 13.0. The minimum atomic E-state index is -0.640. The fourth-order valence-electron chi connectivity index (χ4n) is 2.64. The molecule has 0 unspecified atom stereocenters. The van der Waals surface area contributed by atoms with E-state index in [1.807, 2.05) is 48.5 Å². The second kappa shape index (κ2) is 10.6. The minimum absolute atomic E-state index is 0.327. The molecule has 5 heteroatoms. The summed E-state index contributed by atoms with van der Waals surface area (Å²) in [6, 6.07) is 15.3. The lowest BCUT2D eigenvalue weighted by molar-refractivity contribution is 0.141. The molecule has 0 aliphatic heterocycles. The van der Waals surface area contributed by atoms with E-state index >= 15 is 0 Å². The minimum Gasteiger partial charge on any atom is -0.497 e. The highest BCUT2D eigenvalue weighted by molar-refractivity contribution is 5.40. The lowest BCUT2D eigenvalue weighted by Gasteiger charge is -2.20. The smallest absolute Gasteiger partial charge is 0.124 e. The molecule has 0 fully saturated rings. The molecule has 0 aromatic heterocycles. The first-order valence-electron chi connectivity index (χ1n) is 8.73. The first kappa shape index (κ1) is 20.0. The van der Waals surface area contributed by atoms with E-state index in [-0.39, 0.29) is 6.04 Å². The van der Waals surface area contributed by atoms with E-state index in [1.54, 1.807) is 13.2 Å². The second-order valence-corrected chi connectivity index (χ2v) is 6.13. The second-order valence-electron chi connectivity index (χ2n) is 6.13.